The topological polar surface area (TPSA) is 54.0 Å². The second-order valence-corrected chi connectivity index (χ2v) is 4.48. The first-order chi connectivity index (χ1) is 9.15. The number of benzene rings is 1. The molecule has 2 amide bonds. The first-order valence-electron chi connectivity index (χ1n) is 6.16. The van der Waals surface area contributed by atoms with E-state index in [-0.39, 0.29) is 6.03 Å². The molecule has 2 rings (SSSR count). The quantitative estimate of drug-likeness (QED) is 0.885. The second-order valence-electron chi connectivity index (χ2n) is 4.48. The van der Waals surface area contributed by atoms with E-state index in [0.29, 0.717) is 6.54 Å². The normalized spacial score (nSPS) is 10.0. The van der Waals surface area contributed by atoms with E-state index in [1.807, 2.05) is 44.2 Å². The summed E-state index contributed by atoms with van der Waals surface area (Å²) in [6.07, 6.45) is 3.51. The average Bonchev–Trinajstić information content (AvgIpc) is 2.40. The number of hydrogen-bond donors (Lipinski definition) is 2. The van der Waals surface area contributed by atoms with Gasteiger partial charge in [-0.25, -0.2) is 4.79 Å². The molecule has 0 saturated carbocycles. The number of aromatic nitrogens is 1. The zero-order chi connectivity index (χ0) is 13.7. The summed E-state index contributed by atoms with van der Waals surface area (Å²) in [5, 5.41) is 5.60. The van der Waals surface area contributed by atoms with Gasteiger partial charge in [0.2, 0.25) is 0 Å². The van der Waals surface area contributed by atoms with Gasteiger partial charge >= 0.3 is 6.03 Å². The van der Waals surface area contributed by atoms with Gasteiger partial charge in [0.25, 0.3) is 0 Å². The van der Waals surface area contributed by atoms with Gasteiger partial charge in [-0.1, -0.05) is 17.7 Å². The van der Waals surface area contributed by atoms with Crippen LogP contribution in [0.5, 0.6) is 0 Å². The Kier molecular flexibility index (Phi) is 4.13. The maximum Gasteiger partial charge on any atom is 0.319 e. The number of rotatable bonds is 3. The van der Waals surface area contributed by atoms with E-state index in [1.165, 1.54) is 0 Å². The zero-order valence-corrected chi connectivity index (χ0v) is 11.1. The highest BCUT2D eigenvalue weighted by molar-refractivity contribution is 5.89. The number of hydrogen-bond acceptors (Lipinski definition) is 2. The van der Waals surface area contributed by atoms with Crippen molar-refractivity contribution in [3.8, 4) is 0 Å². The van der Waals surface area contributed by atoms with Crippen LogP contribution in [0, 0.1) is 13.8 Å². The number of carbonyl (C=O) groups excluding carboxylic acids is 1. The minimum absolute atomic E-state index is 0.216. The Morgan fingerprint density at radius 1 is 1.16 bits per heavy atom. The van der Waals surface area contributed by atoms with Gasteiger partial charge in [-0.2, -0.15) is 0 Å². The molecule has 0 spiro atoms. The van der Waals surface area contributed by atoms with Crippen LogP contribution in [0.4, 0.5) is 10.5 Å². The summed E-state index contributed by atoms with van der Waals surface area (Å²) in [7, 11) is 0. The summed E-state index contributed by atoms with van der Waals surface area (Å²) in [5.41, 5.74) is 4.08. The lowest BCUT2D eigenvalue weighted by Gasteiger charge is -2.09. The Hall–Kier alpha value is -2.36. The van der Waals surface area contributed by atoms with Gasteiger partial charge in [0.05, 0.1) is 0 Å². The second kappa shape index (κ2) is 6.00. The van der Waals surface area contributed by atoms with Gasteiger partial charge in [-0.3, -0.25) is 4.98 Å². The van der Waals surface area contributed by atoms with E-state index in [9.17, 15) is 4.79 Å². The summed E-state index contributed by atoms with van der Waals surface area (Å²) in [4.78, 5) is 15.8. The first kappa shape index (κ1) is 13.1. The van der Waals surface area contributed by atoms with Crippen molar-refractivity contribution in [2.45, 2.75) is 20.4 Å². The number of nitrogens with one attached hydrogen (secondary N) is 2. The van der Waals surface area contributed by atoms with Crippen molar-refractivity contribution in [1.29, 1.82) is 0 Å². The molecule has 0 aliphatic carbocycles. The highest BCUT2D eigenvalue weighted by Crippen LogP contribution is 2.08. The Morgan fingerprint density at radius 3 is 2.58 bits per heavy atom. The number of urea groups is 1. The summed E-state index contributed by atoms with van der Waals surface area (Å²) >= 11 is 0. The fourth-order valence-corrected chi connectivity index (χ4v) is 1.67. The minimum atomic E-state index is -0.216. The van der Waals surface area contributed by atoms with Crippen LogP contribution in [0.1, 0.15) is 16.7 Å². The van der Waals surface area contributed by atoms with Crippen molar-refractivity contribution < 1.29 is 4.79 Å². The van der Waals surface area contributed by atoms with E-state index in [0.717, 1.165) is 22.4 Å². The number of aryl methyl sites for hydroxylation is 2. The summed E-state index contributed by atoms with van der Waals surface area (Å²) in [6, 6.07) is 9.39. The molecule has 0 bridgehead atoms. The lowest BCUT2D eigenvalue weighted by molar-refractivity contribution is 0.251. The van der Waals surface area contributed by atoms with E-state index in [4.69, 9.17) is 0 Å². The van der Waals surface area contributed by atoms with Gasteiger partial charge in [-0.15, -0.1) is 0 Å². The van der Waals surface area contributed by atoms with Crippen LogP contribution in [0.2, 0.25) is 0 Å². The molecule has 19 heavy (non-hydrogen) atoms. The van der Waals surface area contributed by atoms with Gasteiger partial charge in [0.15, 0.2) is 0 Å². The minimum Gasteiger partial charge on any atom is -0.334 e. The fraction of sp³-hybridized carbons (Fsp3) is 0.200. The summed E-state index contributed by atoms with van der Waals surface area (Å²) in [5.74, 6) is 0. The summed E-state index contributed by atoms with van der Waals surface area (Å²) in [6.45, 7) is 4.48. The molecule has 2 N–H and O–H groups in total. The molecular formula is C15H17N3O. The van der Waals surface area contributed by atoms with Crippen LogP contribution >= 0.6 is 0 Å². The summed E-state index contributed by atoms with van der Waals surface area (Å²) < 4.78 is 0. The molecule has 1 aromatic heterocycles. The number of amides is 2. The largest absolute Gasteiger partial charge is 0.334 e. The molecule has 0 fully saturated rings. The van der Waals surface area contributed by atoms with E-state index in [1.54, 1.807) is 12.4 Å². The van der Waals surface area contributed by atoms with Crippen molar-refractivity contribution in [3.63, 3.8) is 0 Å². The maximum atomic E-state index is 11.7. The molecule has 0 aliphatic heterocycles. The SMILES string of the molecule is Cc1ccc(NC(=O)NCc2cnccc2C)cc1. The van der Waals surface area contributed by atoms with Crippen molar-refractivity contribution in [1.82, 2.24) is 10.3 Å². The van der Waals surface area contributed by atoms with Crippen molar-refractivity contribution in [3.05, 3.63) is 59.4 Å². The average molecular weight is 255 g/mol. The predicted octanol–water partition coefficient (Wildman–Crippen LogP) is 3.02. The standard InChI is InChI=1S/C15H17N3O/c1-11-3-5-14(6-4-11)18-15(19)17-10-13-9-16-8-7-12(13)2/h3-9H,10H2,1-2H3,(H2,17,18,19). The van der Waals surface area contributed by atoms with Crippen molar-refractivity contribution >= 4 is 11.7 Å². The van der Waals surface area contributed by atoms with E-state index < -0.39 is 0 Å². The van der Waals surface area contributed by atoms with Crippen LogP contribution in [-0.4, -0.2) is 11.0 Å². The lowest BCUT2D eigenvalue weighted by atomic mass is 10.2. The van der Waals surface area contributed by atoms with Crippen LogP contribution in [-0.2, 0) is 6.54 Å². The molecule has 1 heterocycles. The molecule has 0 aliphatic rings. The van der Waals surface area contributed by atoms with Crippen LogP contribution in [0.3, 0.4) is 0 Å². The molecule has 4 heteroatoms. The molecule has 0 radical (unpaired) electrons. The molecule has 2 aromatic rings. The number of nitrogens with zero attached hydrogens (tertiary/aromatic N) is 1. The molecule has 4 nitrogen and oxygen atoms in total. The third kappa shape index (κ3) is 3.81. The van der Waals surface area contributed by atoms with Gasteiger partial charge < -0.3 is 10.6 Å². The maximum absolute atomic E-state index is 11.7. The molecular weight excluding hydrogens is 238 g/mol. The third-order valence-corrected chi connectivity index (χ3v) is 2.90. The van der Waals surface area contributed by atoms with Crippen molar-refractivity contribution in [2.75, 3.05) is 5.32 Å². The van der Waals surface area contributed by atoms with Crippen LogP contribution in [0.25, 0.3) is 0 Å². The molecule has 1 aromatic carbocycles. The number of carbonyl (C=O) groups is 1. The van der Waals surface area contributed by atoms with E-state index >= 15 is 0 Å². The Balaban J connectivity index is 1.88. The third-order valence-electron chi connectivity index (χ3n) is 2.90. The molecule has 98 valence electrons. The highest BCUT2D eigenvalue weighted by atomic mass is 16.2. The Bertz CT molecular complexity index is 564. The lowest BCUT2D eigenvalue weighted by Crippen LogP contribution is -2.28. The first-order valence-corrected chi connectivity index (χ1v) is 6.16. The Labute approximate surface area is 112 Å². The Morgan fingerprint density at radius 2 is 1.89 bits per heavy atom. The number of pyridine rings is 1. The van der Waals surface area contributed by atoms with E-state index in [2.05, 4.69) is 15.6 Å². The van der Waals surface area contributed by atoms with Gasteiger partial charge in [0.1, 0.15) is 0 Å². The predicted molar refractivity (Wildman–Crippen MR) is 76.0 cm³/mol. The van der Waals surface area contributed by atoms with Crippen molar-refractivity contribution in [2.24, 2.45) is 0 Å². The highest BCUT2D eigenvalue weighted by Gasteiger charge is 2.03. The van der Waals surface area contributed by atoms with Crippen LogP contribution in [0.15, 0.2) is 42.7 Å². The smallest absolute Gasteiger partial charge is 0.319 e. The monoisotopic (exact) mass is 255 g/mol. The zero-order valence-electron chi connectivity index (χ0n) is 11.1. The fourth-order valence-electron chi connectivity index (χ4n) is 1.67. The van der Waals surface area contributed by atoms with Gasteiger partial charge in [-0.05, 0) is 43.2 Å². The van der Waals surface area contributed by atoms with Crippen LogP contribution < -0.4 is 10.6 Å². The van der Waals surface area contributed by atoms with Gasteiger partial charge in [0, 0.05) is 24.6 Å². The molecule has 0 atom stereocenters. The molecule has 0 saturated heterocycles. The molecule has 0 unspecified atom stereocenters. The number of anilines is 1.